The molecule has 0 aliphatic carbocycles. The van der Waals surface area contributed by atoms with E-state index in [1.165, 1.54) is 11.1 Å². The monoisotopic (exact) mass is 147 g/mol. The molecule has 0 unspecified atom stereocenters. The van der Waals surface area contributed by atoms with Gasteiger partial charge in [0.2, 0.25) is 0 Å². The third-order valence-corrected chi connectivity index (χ3v) is 1.95. The molecule has 0 N–H and O–H groups in total. The van der Waals surface area contributed by atoms with Gasteiger partial charge >= 0.3 is 0 Å². The summed E-state index contributed by atoms with van der Waals surface area (Å²) < 4.78 is 0. The summed E-state index contributed by atoms with van der Waals surface area (Å²) in [6, 6.07) is 9.52. The molecular formula is C11H15. The summed E-state index contributed by atoms with van der Waals surface area (Å²) in [5.74, 6) is 0.627. The van der Waals surface area contributed by atoms with Crippen LogP contribution in [0.5, 0.6) is 0 Å². The second-order valence-corrected chi connectivity index (χ2v) is 3.11. The summed E-state index contributed by atoms with van der Waals surface area (Å²) >= 11 is 0. The first-order chi connectivity index (χ1) is 5.25. The Kier molecular flexibility index (Phi) is 2.70. The SMILES string of the molecule is CCc1[c]cccc1C(C)C. The third-order valence-electron chi connectivity index (χ3n) is 1.95. The van der Waals surface area contributed by atoms with E-state index in [-0.39, 0.29) is 0 Å². The van der Waals surface area contributed by atoms with Gasteiger partial charge in [-0.05, 0) is 29.5 Å². The van der Waals surface area contributed by atoms with Crippen LogP contribution in [0.15, 0.2) is 18.2 Å². The zero-order valence-electron chi connectivity index (χ0n) is 7.52. The van der Waals surface area contributed by atoms with Crippen LogP contribution in [0.2, 0.25) is 0 Å². The first kappa shape index (κ1) is 8.32. The molecule has 0 heteroatoms. The molecule has 1 radical (unpaired) electrons. The average molecular weight is 147 g/mol. The van der Waals surface area contributed by atoms with Crippen molar-refractivity contribution in [3.63, 3.8) is 0 Å². The summed E-state index contributed by atoms with van der Waals surface area (Å²) in [5.41, 5.74) is 2.80. The van der Waals surface area contributed by atoms with Crippen LogP contribution in [0.4, 0.5) is 0 Å². The Morgan fingerprint density at radius 2 is 2.18 bits per heavy atom. The normalized spacial score (nSPS) is 10.5. The van der Waals surface area contributed by atoms with Crippen molar-refractivity contribution in [2.45, 2.75) is 33.1 Å². The van der Waals surface area contributed by atoms with Crippen LogP contribution in [-0.4, -0.2) is 0 Å². The van der Waals surface area contributed by atoms with Gasteiger partial charge < -0.3 is 0 Å². The smallest absolute Gasteiger partial charge is 0.0146 e. The molecule has 0 atom stereocenters. The van der Waals surface area contributed by atoms with Gasteiger partial charge in [-0.15, -0.1) is 0 Å². The van der Waals surface area contributed by atoms with Gasteiger partial charge in [0.1, 0.15) is 0 Å². The maximum absolute atomic E-state index is 3.27. The molecule has 0 aliphatic rings. The van der Waals surface area contributed by atoms with Crippen molar-refractivity contribution in [2.24, 2.45) is 0 Å². The van der Waals surface area contributed by atoms with Crippen LogP contribution >= 0.6 is 0 Å². The lowest BCUT2D eigenvalue weighted by molar-refractivity contribution is 0.843. The molecule has 0 nitrogen and oxygen atoms in total. The Morgan fingerprint density at radius 1 is 1.45 bits per heavy atom. The van der Waals surface area contributed by atoms with Crippen LogP contribution in [0.3, 0.4) is 0 Å². The Labute approximate surface area is 69.3 Å². The molecule has 0 heterocycles. The molecule has 0 amide bonds. The van der Waals surface area contributed by atoms with Crippen LogP contribution in [-0.2, 0) is 6.42 Å². The second kappa shape index (κ2) is 3.56. The molecule has 0 aliphatic heterocycles. The van der Waals surface area contributed by atoms with Crippen molar-refractivity contribution in [2.75, 3.05) is 0 Å². The minimum atomic E-state index is 0.627. The largest absolute Gasteiger partial charge is 0.0613 e. The van der Waals surface area contributed by atoms with E-state index < -0.39 is 0 Å². The fraction of sp³-hybridized carbons (Fsp3) is 0.455. The molecule has 1 aromatic rings. The first-order valence-electron chi connectivity index (χ1n) is 4.25. The number of rotatable bonds is 2. The number of aryl methyl sites for hydroxylation is 1. The van der Waals surface area contributed by atoms with Gasteiger partial charge in [-0.2, -0.15) is 0 Å². The number of benzene rings is 1. The predicted octanol–water partition coefficient (Wildman–Crippen LogP) is 3.17. The molecule has 59 valence electrons. The van der Waals surface area contributed by atoms with Gasteiger partial charge in [-0.25, -0.2) is 0 Å². The van der Waals surface area contributed by atoms with Crippen molar-refractivity contribution in [1.82, 2.24) is 0 Å². The maximum atomic E-state index is 3.27. The lowest BCUT2D eigenvalue weighted by Gasteiger charge is -2.09. The standard InChI is InChI=1S/C11H15/c1-4-10-7-5-6-8-11(10)9(2)3/h5-6,8-9H,4H2,1-3H3. The average Bonchev–Trinajstić information content (AvgIpc) is 2.04. The summed E-state index contributed by atoms with van der Waals surface area (Å²) in [5, 5.41) is 0. The lowest BCUT2D eigenvalue weighted by atomic mass is 9.96. The number of hydrogen-bond acceptors (Lipinski definition) is 0. The van der Waals surface area contributed by atoms with E-state index >= 15 is 0 Å². The Bertz CT molecular complexity index is 223. The summed E-state index contributed by atoms with van der Waals surface area (Å²) in [4.78, 5) is 0. The minimum Gasteiger partial charge on any atom is -0.0613 e. The van der Waals surface area contributed by atoms with E-state index in [1.54, 1.807) is 0 Å². The minimum absolute atomic E-state index is 0.627. The van der Waals surface area contributed by atoms with Gasteiger partial charge in [-0.1, -0.05) is 39.0 Å². The summed E-state index contributed by atoms with van der Waals surface area (Å²) in [6.07, 6.45) is 1.09. The Balaban J connectivity index is 3.02. The molecular weight excluding hydrogens is 132 g/mol. The highest BCUT2D eigenvalue weighted by molar-refractivity contribution is 5.28. The molecule has 0 saturated carbocycles. The Hall–Kier alpha value is -0.780. The molecule has 0 fully saturated rings. The lowest BCUT2D eigenvalue weighted by Crippen LogP contribution is -1.93. The topological polar surface area (TPSA) is 0 Å². The fourth-order valence-corrected chi connectivity index (χ4v) is 1.33. The summed E-state index contributed by atoms with van der Waals surface area (Å²) in [7, 11) is 0. The molecule has 0 spiro atoms. The molecule has 0 bridgehead atoms. The van der Waals surface area contributed by atoms with Crippen molar-refractivity contribution < 1.29 is 0 Å². The van der Waals surface area contributed by atoms with Crippen LogP contribution < -0.4 is 0 Å². The summed E-state index contributed by atoms with van der Waals surface area (Å²) in [6.45, 7) is 6.63. The van der Waals surface area contributed by atoms with Crippen molar-refractivity contribution in [1.29, 1.82) is 0 Å². The van der Waals surface area contributed by atoms with E-state index in [0.717, 1.165) is 6.42 Å². The van der Waals surface area contributed by atoms with E-state index in [4.69, 9.17) is 0 Å². The second-order valence-electron chi connectivity index (χ2n) is 3.11. The zero-order chi connectivity index (χ0) is 8.27. The van der Waals surface area contributed by atoms with Gasteiger partial charge in [0.15, 0.2) is 0 Å². The van der Waals surface area contributed by atoms with Gasteiger partial charge in [0, 0.05) is 0 Å². The van der Waals surface area contributed by atoms with E-state index in [2.05, 4.69) is 39.0 Å². The van der Waals surface area contributed by atoms with Gasteiger partial charge in [-0.3, -0.25) is 0 Å². The molecule has 0 saturated heterocycles. The van der Waals surface area contributed by atoms with Crippen LogP contribution in [0.25, 0.3) is 0 Å². The maximum Gasteiger partial charge on any atom is -0.0146 e. The first-order valence-corrected chi connectivity index (χ1v) is 4.25. The molecule has 1 rings (SSSR count). The molecule has 0 aromatic heterocycles. The van der Waals surface area contributed by atoms with E-state index in [9.17, 15) is 0 Å². The highest BCUT2D eigenvalue weighted by Gasteiger charge is 2.02. The highest BCUT2D eigenvalue weighted by Crippen LogP contribution is 2.18. The van der Waals surface area contributed by atoms with Gasteiger partial charge in [0.05, 0.1) is 0 Å². The van der Waals surface area contributed by atoms with E-state index in [1.807, 2.05) is 6.07 Å². The van der Waals surface area contributed by atoms with Gasteiger partial charge in [0.25, 0.3) is 0 Å². The quantitative estimate of drug-likeness (QED) is 0.602. The Morgan fingerprint density at radius 3 is 2.64 bits per heavy atom. The third kappa shape index (κ3) is 1.83. The molecule has 1 aromatic carbocycles. The fourth-order valence-electron chi connectivity index (χ4n) is 1.33. The highest BCUT2D eigenvalue weighted by atomic mass is 14.1. The predicted molar refractivity (Wildman–Crippen MR) is 48.7 cm³/mol. The van der Waals surface area contributed by atoms with Crippen molar-refractivity contribution >= 4 is 0 Å². The number of hydrogen-bond donors (Lipinski definition) is 0. The van der Waals surface area contributed by atoms with Crippen LogP contribution in [0, 0.1) is 6.07 Å². The van der Waals surface area contributed by atoms with E-state index in [0.29, 0.717) is 5.92 Å². The zero-order valence-corrected chi connectivity index (χ0v) is 7.52. The van der Waals surface area contributed by atoms with Crippen molar-refractivity contribution in [3.05, 3.63) is 35.4 Å². The van der Waals surface area contributed by atoms with Crippen LogP contribution in [0.1, 0.15) is 37.8 Å². The van der Waals surface area contributed by atoms with Crippen molar-refractivity contribution in [3.8, 4) is 0 Å². The molecule has 11 heavy (non-hydrogen) atoms.